The van der Waals surface area contributed by atoms with Gasteiger partial charge in [0, 0.05) is 23.7 Å². The maximum absolute atomic E-state index is 13.0. The van der Waals surface area contributed by atoms with E-state index in [4.69, 9.17) is 16.3 Å². The highest BCUT2D eigenvalue weighted by Crippen LogP contribution is 2.26. The fraction of sp³-hybridized carbons (Fsp3) is 0.192. The molecule has 3 aromatic carbocycles. The number of hydrogen-bond donors (Lipinski definition) is 1. The average Bonchev–Trinajstić information content (AvgIpc) is 3.42. The number of carbonyl (C=O) groups is 2. The van der Waals surface area contributed by atoms with Crippen molar-refractivity contribution in [2.24, 2.45) is 5.10 Å². The summed E-state index contributed by atoms with van der Waals surface area (Å²) < 4.78 is 5.74. The van der Waals surface area contributed by atoms with E-state index in [0.717, 1.165) is 23.8 Å². The van der Waals surface area contributed by atoms with Crippen LogP contribution in [-0.4, -0.2) is 45.4 Å². The van der Waals surface area contributed by atoms with Crippen LogP contribution in [0.1, 0.15) is 34.3 Å². The van der Waals surface area contributed by atoms with Gasteiger partial charge in [0.2, 0.25) is 0 Å². The van der Waals surface area contributed by atoms with Gasteiger partial charge in [-0.25, -0.2) is 5.43 Å². The van der Waals surface area contributed by atoms with Crippen LogP contribution >= 0.6 is 11.6 Å². The summed E-state index contributed by atoms with van der Waals surface area (Å²) in [6.07, 6.45) is 2.30. The highest BCUT2D eigenvalue weighted by molar-refractivity contribution is 6.30. The molecule has 1 fully saturated rings. The quantitative estimate of drug-likeness (QED) is 0.233. The van der Waals surface area contributed by atoms with Gasteiger partial charge >= 0.3 is 0 Å². The molecule has 39 heavy (non-hydrogen) atoms. The van der Waals surface area contributed by atoms with Crippen molar-refractivity contribution >= 4 is 41.0 Å². The van der Waals surface area contributed by atoms with Crippen molar-refractivity contribution in [3.8, 4) is 5.75 Å². The molecule has 4 rings (SSSR count). The number of hydrazone groups is 1. The van der Waals surface area contributed by atoms with Crippen LogP contribution in [0.25, 0.3) is 0 Å². The van der Waals surface area contributed by atoms with E-state index < -0.39 is 39.1 Å². The zero-order chi connectivity index (χ0) is 27.9. The number of nitrogens with one attached hydrogen (secondary N) is 1. The van der Waals surface area contributed by atoms with Crippen molar-refractivity contribution in [3.63, 3.8) is 0 Å². The first-order chi connectivity index (χ1) is 18.7. The fourth-order valence-electron chi connectivity index (χ4n) is 4.07. The second kappa shape index (κ2) is 12.1. The predicted octanol–water partition coefficient (Wildman–Crippen LogP) is 4.49. The van der Waals surface area contributed by atoms with E-state index in [-0.39, 0.29) is 12.1 Å². The van der Waals surface area contributed by atoms with Crippen molar-refractivity contribution in [1.29, 1.82) is 0 Å². The lowest BCUT2D eigenvalue weighted by atomic mass is 10.1. The molecule has 0 spiro atoms. The molecular weight excluding hydrogens is 530 g/mol. The average molecular weight is 552 g/mol. The van der Waals surface area contributed by atoms with Gasteiger partial charge in [0.1, 0.15) is 18.4 Å². The smallest absolute Gasteiger partial charge is 0.277 e. The number of rotatable bonds is 9. The zero-order valence-corrected chi connectivity index (χ0v) is 21.1. The van der Waals surface area contributed by atoms with Crippen LogP contribution in [0.15, 0.2) is 71.8 Å². The molecule has 1 aliphatic rings. The minimum Gasteiger partial charge on any atom is -0.489 e. The number of benzene rings is 3. The number of carbonyl (C=O) groups excluding carboxylic acids is 2. The predicted molar refractivity (Wildman–Crippen MR) is 142 cm³/mol. The number of ether oxygens (including phenoxy) is 1. The number of nitro groups is 2. The molecule has 12 nitrogen and oxygen atoms in total. The molecule has 1 atom stereocenters. The summed E-state index contributed by atoms with van der Waals surface area (Å²) in [5.41, 5.74) is 2.62. The first-order valence-electron chi connectivity index (χ1n) is 11.8. The standard InChI is InChI=1S/C26H22ClN5O7/c27-20-4-1-3-18(11-20)16-39-23-8-6-17(7-9-23)15-28-29-25(33)24-5-2-10-30(24)26(34)19-12-21(31(35)36)14-22(13-19)32(37)38/h1,3-4,6-9,11-15,24H,2,5,10,16H2,(H,29,33)/b28-15-. The second-order valence-corrected chi connectivity index (χ2v) is 9.07. The number of non-ortho nitro benzene ring substituents is 2. The second-order valence-electron chi connectivity index (χ2n) is 8.63. The number of nitro benzene ring substituents is 2. The maximum Gasteiger partial charge on any atom is 0.277 e. The zero-order valence-electron chi connectivity index (χ0n) is 20.4. The lowest BCUT2D eigenvalue weighted by molar-refractivity contribution is -0.394. The summed E-state index contributed by atoms with van der Waals surface area (Å²) in [7, 11) is 0. The third kappa shape index (κ3) is 6.93. The Morgan fingerprint density at radius 3 is 2.38 bits per heavy atom. The van der Waals surface area contributed by atoms with E-state index >= 15 is 0 Å². The molecule has 0 radical (unpaired) electrons. The van der Waals surface area contributed by atoms with Crippen LogP contribution < -0.4 is 10.2 Å². The first kappa shape index (κ1) is 27.2. The summed E-state index contributed by atoms with van der Waals surface area (Å²) in [5.74, 6) is -0.618. The third-order valence-electron chi connectivity index (χ3n) is 5.95. The lowest BCUT2D eigenvalue weighted by Crippen LogP contribution is -2.44. The van der Waals surface area contributed by atoms with E-state index in [1.165, 1.54) is 11.1 Å². The number of amides is 2. The Morgan fingerprint density at radius 1 is 1.05 bits per heavy atom. The largest absolute Gasteiger partial charge is 0.489 e. The Bertz CT molecular complexity index is 1410. The fourth-order valence-corrected chi connectivity index (χ4v) is 4.28. The molecule has 1 aliphatic heterocycles. The van der Waals surface area contributed by atoms with Crippen molar-refractivity contribution in [2.45, 2.75) is 25.5 Å². The third-order valence-corrected chi connectivity index (χ3v) is 6.19. The number of nitrogens with zero attached hydrogens (tertiary/aromatic N) is 4. The van der Waals surface area contributed by atoms with Gasteiger partial charge in [0.25, 0.3) is 23.2 Å². The SMILES string of the molecule is O=C(N/N=C\c1ccc(OCc2cccc(Cl)c2)cc1)C1CCCN1C(=O)c1cc([N+](=O)[O-])cc([N+](=O)[O-])c1. The molecule has 200 valence electrons. The Hall–Kier alpha value is -4.84. The van der Waals surface area contributed by atoms with Gasteiger partial charge in [-0.05, 0) is 60.4 Å². The van der Waals surface area contributed by atoms with Gasteiger partial charge in [-0.1, -0.05) is 23.7 Å². The summed E-state index contributed by atoms with van der Waals surface area (Å²) in [6.45, 7) is 0.568. The number of hydrogen-bond acceptors (Lipinski definition) is 8. The van der Waals surface area contributed by atoms with Gasteiger partial charge in [-0.3, -0.25) is 29.8 Å². The molecule has 0 aliphatic carbocycles. The number of likely N-dealkylation sites (tertiary alicyclic amines) is 1. The first-order valence-corrected chi connectivity index (χ1v) is 12.1. The van der Waals surface area contributed by atoms with E-state index in [0.29, 0.717) is 35.8 Å². The maximum atomic E-state index is 13.0. The summed E-state index contributed by atoms with van der Waals surface area (Å²) in [5, 5.41) is 26.9. The molecule has 3 aromatic rings. The summed E-state index contributed by atoms with van der Waals surface area (Å²) in [6, 6.07) is 16.2. The number of halogens is 1. The minimum atomic E-state index is -0.879. The molecule has 1 heterocycles. The minimum absolute atomic E-state index is 0.216. The van der Waals surface area contributed by atoms with Gasteiger partial charge in [0.05, 0.1) is 27.7 Å². The molecular formula is C26H22ClN5O7. The van der Waals surface area contributed by atoms with Crippen LogP contribution in [0, 0.1) is 20.2 Å². The highest BCUT2D eigenvalue weighted by atomic mass is 35.5. The molecule has 1 N–H and O–H groups in total. The van der Waals surface area contributed by atoms with E-state index in [2.05, 4.69) is 10.5 Å². The monoisotopic (exact) mass is 551 g/mol. The Kier molecular flexibility index (Phi) is 8.46. The van der Waals surface area contributed by atoms with E-state index in [9.17, 15) is 29.8 Å². The van der Waals surface area contributed by atoms with Gasteiger partial charge in [-0.2, -0.15) is 5.10 Å². The lowest BCUT2D eigenvalue weighted by Gasteiger charge is -2.23. The van der Waals surface area contributed by atoms with Gasteiger partial charge in [-0.15, -0.1) is 0 Å². The van der Waals surface area contributed by atoms with Crippen molar-refractivity contribution in [3.05, 3.63) is 109 Å². The van der Waals surface area contributed by atoms with Crippen LogP contribution in [0.2, 0.25) is 5.02 Å². The van der Waals surface area contributed by atoms with Crippen LogP contribution in [0.4, 0.5) is 11.4 Å². The Labute approximate surface area is 227 Å². The van der Waals surface area contributed by atoms with Crippen LogP contribution in [0.3, 0.4) is 0 Å². The Morgan fingerprint density at radius 2 is 1.74 bits per heavy atom. The molecule has 1 saturated heterocycles. The molecule has 0 bridgehead atoms. The van der Waals surface area contributed by atoms with Crippen LogP contribution in [-0.2, 0) is 11.4 Å². The normalized spacial score (nSPS) is 14.8. The molecule has 13 heteroatoms. The van der Waals surface area contributed by atoms with Gasteiger partial charge < -0.3 is 9.64 Å². The Balaban J connectivity index is 1.36. The van der Waals surface area contributed by atoms with Crippen molar-refractivity contribution in [2.75, 3.05) is 6.54 Å². The molecule has 2 amide bonds. The highest BCUT2D eigenvalue weighted by Gasteiger charge is 2.35. The topological polar surface area (TPSA) is 157 Å². The summed E-state index contributed by atoms with van der Waals surface area (Å²) in [4.78, 5) is 47.7. The van der Waals surface area contributed by atoms with E-state index in [1.54, 1.807) is 30.3 Å². The van der Waals surface area contributed by atoms with Crippen molar-refractivity contribution in [1.82, 2.24) is 10.3 Å². The van der Waals surface area contributed by atoms with E-state index in [1.807, 2.05) is 18.2 Å². The summed E-state index contributed by atoms with van der Waals surface area (Å²) >= 11 is 5.98. The molecule has 0 aromatic heterocycles. The molecule has 0 saturated carbocycles. The van der Waals surface area contributed by atoms with Crippen LogP contribution in [0.5, 0.6) is 5.75 Å². The van der Waals surface area contributed by atoms with Crippen molar-refractivity contribution < 1.29 is 24.2 Å². The molecule has 1 unspecified atom stereocenters. The van der Waals surface area contributed by atoms with Gasteiger partial charge in [0.15, 0.2) is 0 Å².